The standard InChI is InChI=1S/C16H15BrClNO2/c1-16(10-17,12-5-3-2-4-6-12)19-15(21)11-7-8-14(20)13(18)9-11/h2-9,20H,10H2,1H3,(H,19,21). The maximum atomic E-state index is 12.4. The summed E-state index contributed by atoms with van der Waals surface area (Å²) >= 11 is 9.30. The summed E-state index contributed by atoms with van der Waals surface area (Å²) in [4.78, 5) is 12.4. The molecule has 1 amide bonds. The van der Waals surface area contributed by atoms with E-state index in [0.717, 1.165) is 5.56 Å². The zero-order chi connectivity index (χ0) is 15.5. The van der Waals surface area contributed by atoms with Crippen molar-refractivity contribution in [2.75, 3.05) is 5.33 Å². The van der Waals surface area contributed by atoms with Gasteiger partial charge in [-0.2, -0.15) is 0 Å². The van der Waals surface area contributed by atoms with Crippen LogP contribution in [-0.4, -0.2) is 16.3 Å². The first-order valence-electron chi connectivity index (χ1n) is 6.39. The fourth-order valence-electron chi connectivity index (χ4n) is 1.96. The van der Waals surface area contributed by atoms with Gasteiger partial charge in [0.05, 0.1) is 10.6 Å². The molecule has 1 atom stereocenters. The molecule has 0 radical (unpaired) electrons. The van der Waals surface area contributed by atoms with Crippen LogP contribution in [0.1, 0.15) is 22.8 Å². The summed E-state index contributed by atoms with van der Waals surface area (Å²) in [6, 6.07) is 14.1. The van der Waals surface area contributed by atoms with Gasteiger partial charge in [-0.3, -0.25) is 4.79 Å². The Labute approximate surface area is 137 Å². The summed E-state index contributed by atoms with van der Waals surface area (Å²) in [5, 5.41) is 13.1. The summed E-state index contributed by atoms with van der Waals surface area (Å²) in [5.41, 5.74) is 0.865. The second-order valence-electron chi connectivity index (χ2n) is 4.95. The molecule has 1 unspecified atom stereocenters. The van der Waals surface area contributed by atoms with E-state index >= 15 is 0 Å². The lowest BCUT2D eigenvalue weighted by Gasteiger charge is -2.29. The Morgan fingerprint density at radius 3 is 2.52 bits per heavy atom. The summed E-state index contributed by atoms with van der Waals surface area (Å²) in [5.74, 6) is -0.290. The first-order chi connectivity index (χ1) is 9.96. The number of nitrogens with one attached hydrogen (secondary N) is 1. The van der Waals surface area contributed by atoms with Crippen molar-refractivity contribution in [3.8, 4) is 5.75 Å². The van der Waals surface area contributed by atoms with Crippen LogP contribution in [0.5, 0.6) is 5.75 Å². The van der Waals surface area contributed by atoms with Gasteiger partial charge in [-0.25, -0.2) is 0 Å². The predicted octanol–water partition coefficient (Wildman–Crippen LogP) is 4.09. The van der Waals surface area contributed by atoms with Crippen LogP contribution in [0.15, 0.2) is 48.5 Å². The zero-order valence-electron chi connectivity index (χ0n) is 11.4. The minimum atomic E-state index is -0.539. The SMILES string of the molecule is CC(CBr)(NC(=O)c1ccc(O)c(Cl)c1)c1ccccc1. The van der Waals surface area contributed by atoms with E-state index in [4.69, 9.17) is 11.6 Å². The third kappa shape index (κ3) is 3.57. The van der Waals surface area contributed by atoms with Crippen LogP contribution in [0.4, 0.5) is 0 Å². The van der Waals surface area contributed by atoms with Crippen LogP contribution in [0.25, 0.3) is 0 Å². The number of phenols is 1. The lowest BCUT2D eigenvalue weighted by Crippen LogP contribution is -2.44. The molecule has 2 N–H and O–H groups in total. The van der Waals surface area contributed by atoms with Gasteiger partial charge in [-0.1, -0.05) is 57.9 Å². The van der Waals surface area contributed by atoms with Gasteiger partial charge < -0.3 is 10.4 Å². The summed E-state index contributed by atoms with van der Waals surface area (Å²) < 4.78 is 0. The minimum absolute atomic E-state index is 0.0421. The van der Waals surface area contributed by atoms with Crippen molar-refractivity contribution in [2.45, 2.75) is 12.5 Å². The molecule has 5 heteroatoms. The van der Waals surface area contributed by atoms with E-state index in [9.17, 15) is 9.90 Å². The van der Waals surface area contributed by atoms with Crippen LogP contribution in [0.2, 0.25) is 5.02 Å². The number of phenolic OH excluding ortho intramolecular Hbond substituents is 1. The number of halogens is 2. The summed E-state index contributed by atoms with van der Waals surface area (Å²) in [6.07, 6.45) is 0. The zero-order valence-corrected chi connectivity index (χ0v) is 13.8. The third-order valence-electron chi connectivity index (χ3n) is 3.28. The highest BCUT2D eigenvalue weighted by Gasteiger charge is 2.27. The van der Waals surface area contributed by atoms with E-state index in [0.29, 0.717) is 10.9 Å². The molecule has 0 fully saturated rings. The molecule has 2 aromatic rings. The van der Waals surface area contributed by atoms with Crippen LogP contribution in [0.3, 0.4) is 0 Å². The maximum Gasteiger partial charge on any atom is 0.252 e. The Balaban J connectivity index is 2.26. The molecule has 0 aliphatic rings. The minimum Gasteiger partial charge on any atom is -0.506 e. The molecule has 0 spiro atoms. The molecule has 110 valence electrons. The van der Waals surface area contributed by atoms with E-state index < -0.39 is 5.54 Å². The van der Waals surface area contributed by atoms with E-state index in [1.165, 1.54) is 18.2 Å². The van der Waals surface area contributed by atoms with Gasteiger partial charge in [-0.15, -0.1) is 0 Å². The first-order valence-corrected chi connectivity index (χ1v) is 7.89. The molecule has 0 aliphatic carbocycles. The highest BCUT2D eigenvalue weighted by Crippen LogP contribution is 2.26. The quantitative estimate of drug-likeness (QED) is 0.799. The molecule has 0 saturated heterocycles. The number of benzene rings is 2. The van der Waals surface area contributed by atoms with Crippen LogP contribution >= 0.6 is 27.5 Å². The largest absolute Gasteiger partial charge is 0.506 e. The lowest BCUT2D eigenvalue weighted by atomic mass is 9.94. The molecule has 2 aromatic carbocycles. The maximum absolute atomic E-state index is 12.4. The van der Waals surface area contributed by atoms with Crippen molar-refractivity contribution in [1.82, 2.24) is 5.32 Å². The normalized spacial score (nSPS) is 13.5. The number of rotatable bonds is 4. The van der Waals surface area contributed by atoms with Gasteiger partial charge in [0.15, 0.2) is 0 Å². The lowest BCUT2D eigenvalue weighted by molar-refractivity contribution is 0.0914. The Bertz CT molecular complexity index is 648. The molecular weight excluding hydrogens is 354 g/mol. The van der Waals surface area contributed by atoms with Gasteiger partial charge in [0, 0.05) is 10.9 Å². The molecule has 0 heterocycles. The summed E-state index contributed by atoms with van der Waals surface area (Å²) in [7, 11) is 0. The number of carbonyl (C=O) groups is 1. The molecule has 21 heavy (non-hydrogen) atoms. The number of alkyl halides is 1. The fraction of sp³-hybridized carbons (Fsp3) is 0.188. The highest BCUT2D eigenvalue weighted by molar-refractivity contribution is 9.09. The number of carbonyl (C=O) groups excluding carboxylic acids is 1. The van der Waals surface area contributed by atoms with Crippen LogP contribution in [-0.2, 0) is 5.54 Å². The fourth-order valence-corrected chi connectivity index (χ4v) is 2.60. The number of hydrogen-bond donors (Lipinski definition) is 2. The van der Waals surface area contributed by atoms with Crippen molar-refractivity contribution in [2.24, 2.45) is 0 Å². The summed E-state index contributed by atoms with van der Waals surface area (Å²) in [6.45, 7) is 1.94. The Morgan fingerprint density at radius 2 is 1.95 bits per heavy atom. The van der Waals surface area contributed by atoms with Crippen LogP contribution < -0.4 is 5.32 Å². The molecule has 0 saturated carbocycles. The topological polar surface area (TPSA) is 49.3 Å². The number of hydrogen-bond acceptors (Lipinski definition) is 2. The van der Waals surface area contributed by atoms with Gasteiger partial charge in [0.2, 0.25) is 0 Å². The van der Waals surface area contributed by atoms with Gasteiger partial charge in [-0.05, 0) is 30.7 Å². The van der Waals surface area contributed by atoms with Crippen molar-refractivity contribution in [3.05, 3.63) is 64.7 Å². The Morgan fingerprint density at radius 1 is 1.29 bits per heavy atom. The van der Waals surface area contributed by atoms with E-state index in [1.807, 2.05) is 37.3 Å². The van der Waals surface area contributed by atoms with Crippen molar-refractivity contribution in [3.63, 3.8) is 0 Å². The molecular formula is C16H15BrClNO2. The van der Waals surface area contributed by atoms with Gasteiger partial charge in [0.1, 0.15) is 5.75 Å². The van der Waals surface area contributed by atoms with Gasteiger partial charge >= 0.3 is 0 Å². The predicted molar refractivity (Wildman–Crippen MR) is 88.2 cm³/mol. The average Bonchev–Trinajstić information content (AvgIpc) is 2.50. The monoisotopic (exact) mass is 367 g/mol. The number of amides is 1. The van der Waals surface area contributed by atoms with Crippen LogP contribution in [0, 0.1) is 0 Å². The van der Waals surface area contributed by atoms with Crippen molar-refractivity contribution >= 4 is 33.4 Å². The highest BCUT2D eigenvalue weighted by atomic mass is 79.9. The second-order valence-corrected chi connectivity index (χ2v) is 5.92. The van der Waals surface area contributed by atoms with E-state index in [1.54, 1.807) is 0 Å². The molecule has 0 bridgehead atoms. The smallest absolute Gasteiger partial charge is 0.252 e. The average molecular weight is 369 g/mol. The van der Waals surface area contributed by atoms with Crippen molar-refractivity contribution in [1.29, 1.82) is 0 Å². The first kappa shape index (κ1) is 15.9. The van der Waals surface area contributed by atoms with E-state index in [2.05, 4.69) is 21.2 Å². The molecule has 0 aliphatic heterocycles. The number of aromatic hydroxyl groups is 1. The molecule has 3 nitrogen and oxygen atoms in total. The third-order valence-corrected chi connectivity index (χ3v) is 4.70. The van der Waals surface area contributed by atoms with Gasteiger partial charge in [0.25, 0.3) is 5.91 Å². The second kappa shape index (κ2) is 6.50. The Hall–Kier alpha value is -1.52. The molecule has 2 rings (SSSR count). The van der Waals surface area contributed by atoms with Crippen molar-refractivity contribution < 1.29 is 9.90 Å². The molecule has 0 aromatic heterocycles. The van der Waals surface area contributed by atoms with E-state index in [-0.39, 0.29) is 16.7 Å². The Kier molecular flexibility index (Phi) is 4.91.